The molecular formula is C11H22N8O. The average Bonchev–Trinajstić information content (AvgIpc) is 2.45. The van der Waals surface area contributed by atoms with Crippen LogP contribution in [0.1, 0.15) is 0 Å². The van der Waals surface area contributed by atoms with Crippen LogP contribution in [-0.2, 0) is 4.74 Å². The predicted octanol–water partition coefficient (Wildman–Crippen LogP) is -1.03. The smallest absolute Gasteiger partial charge is 0.243 e. The van der Waals surface area contributed by atoms with Crippen LogP contribution in [0.5, 0.6) is 0 Å². The van der Waals surface area contributed by atoms with Crippen molar-refractivity contribution in [3.05, 3.63) is 0 Å². The van der Waals surface area contributed by atoms with Gasteiger partial charge in [-0.05, 0) is 7.05 Å². The van der Waals surface area contributed by atoms with E-state index in [2.05, 4.69) is 37.6 Å². The van der Waals surface area contributed by atoms with Gasteiger partial charge in [0.2, 0.25) is 17.8 Å². The van der Waals surface area contributed by atoms with Crippen LogP contribution in [0.25, 0.3) is 0 Å². The fourth-order valence-electron chi connectivity index (χ4n) is 1.90. The number of anilines is 3. The van der Waals surface area contributed by atoms with E-state index >= 15 is 0 Å². The molecule has 0 aromatic carbocycles. The third-order valence-corrected chi connectivity index (χ3v) is 2.98. The van der Waals surface area contributed by atoms with Crippen LogP contribution >= 0.6 is 0 Å². The summed E-state index contributed by atoms with van der Waals surface area (Å²) >= 11 is 0. The minimum atomic E-state index is 0.127. The van der Waals surface area contributed by atoms with E-state index in [9.17, 15) is 0 Å². The lowest BCUT2D eigenvalue weighted by molar-refractivity contribution is -0.0117. The Morgan fingerprint density at radius 2 is 2.10 bits per heavy atom. The molecule has 9 nitrogen and oxygen atoms in total. The maximum Gasteiger partial charge on any atom is 0.243 e. The highest BCUT2D eigenvalue weighted by Gasteiger charge is 2.18. The van der Waals surface area contributed by atoms with Crippen molar-refractivity contribution in [1.82, 2.24) is 19.9 Å². The normalized spacial score (nSPS) is 19.7. The van der Waals surface area contributed by atoms with Gasteiger partial charge in [0.05, 0.1) is 12.7 Å². The Morgan fingerprint density at radius 1 is 1.35 bits per heavy atom. The Hall–Kier alpha value is -1.71. The van der Waals surface area contributed by atoms with Gasteiger partial charge in [-0.25, -0.2) is 5.84 Å². The Labute approximate surface area is 118 Å². The van der Waals surface area contributed by atoms with E-state index in [1.54, 1.807) is 4.90 Å². The lowest BCUT2D eigenvalue weighted by Crippen LogP contribution is -2.43. The highest BCUT2D eigenvalue weighted by molar-refractivity contribution is 5.42. The van der Waals surface area contributed by atoms with Crippen LogP contribution in [-0.4, -0.2) is 73.3 Å². The van der Waals surface area contributed by atoms with Gasteiger partial charge < -0.3 is 19.9 Å². The molecule has 0 saturated carbocycles. The molecule has 0 bridgehead atoms. The molecule has 9 heteroatoms. The summed E-state index contributed by atoms with van der Waals surface area (Å²) in [5.74, 6) is 6.71. The van der Waals surface area contributed by atoms with Gasteiger partial charge in [-0.15, -0.1) is 0 Å². The maximum atomic E-state index is 5.68. The van der Waals surface area contributed by atoms with Crippen LogP contribution in [0, 0.1) is 0 Å². The van der Waals surface area contributed by atoms with Crippen molar-refractivity contribution < 1.29 is 4.74 Å². The quantitative estimate of drug-likeness (QED) is 0.461. The van der Waals surface area contributed by atoms with Gasteiger partial charge in [0.15, 0.2) is 0 Å². The first-order valence-corrected chi connectivity index (χ1v) is 6.52. The molecule has 0 radical (unpaired) electrons. The van der Waals surface area contributed by atoms with Crippen molar-refractivity contribution in [1.29, 1.82) is 0 Å². The van der Waals surface area contributed by atoms with E-state index in [0.717, 1.165) is 19.7 Å². The van der Waals surface area contributed by atoms with Gasteiger partial charge in [-0.3, -0.25) is 5.43 Å². The highest BCUT2D eigenvalue weighted by atomic mass is 16.5. The number of hydrogen-bond acceptors (Lipinski definition) is 9. The number of nitrogens with two attached hydrogens (primary N) is 1. The summed E-state index contributed by atoms with van der Waals surface area (Å²) in [6.45, 7) is 3.25. The molecule has 0 spiro atoms. The lowest BCUT2D eigenvalue weighted by atomic mass is 10.3. The van der Waals surface area contributed by atoms with Crippen molar-refractivity contribution in [2.75, 3.05) is 63.0 Å². The van der Waals surface area contributed by atoms with E-state index in [-0.39, 0.29) is 6.10 Å². The molecule has 1 aliphatic heterocycles. The van der Waals surface area contributed by atoms with Crippen molar-refractivity contribution >= 4 is 17.8 Å². The Kier molecular flexibility index (Phi) is 4.88. The van der Waals surface area contributed by atoms with Gasteiger partial charge in [-0.1, -0.05) is 0 Å². The summed E-state index contributed by atoms with van der Waals surface area (Å²) in [6.07, 6.45) is 0.127. The average molecular weight is 282 g/mol. The van der Waals surface area contributed by atoms with Crippen molar-refractivity contribution in [3.8, 4) is 0 Å². The highest BCUT2D eigenvalue weighted by Crippen LogP contribution is 2.11. The number of ether oxygens (including phenoxy) is 1. The molecule has 1 saturated heterocycles. The van der Waals surface area contributed by atoms with Crippen LogP contribution in [0.2, 0.25) is 0 Å². The number of nitrogen functional groups attached to an aromatic ring is 1. The van der Waals surface area contributed by atoms with E-state index in [1.165, 1.54) is 0 Å². The van der Waals surface area contributed by atoms with Crippen LogP contribution < -0.4 is 21.5 Å². The van der Waals surface area contributed by atoms with Gasteiger partial charge >= 0.3 is 0 Å². The fraction of sp³-hybridized carbons (Fsp3) is 0.727. The molecule has 0 aliphatic carbocycles. The molecule has 2 rings (SSSR count). The molecule has 4 N–H and O–H groups in total. The van der Waals surface area contributed by atoms with Crippen LogP contribution in [0.3, 0.4) is 0 Å². The Morgan fingerprint density at radius 3 is 2.75 bits per heavy atom. The molecule has 20 heavy (non-hydrogen) atoms. The third-order valence-electron chi connectivity index (χ3n) is 2.98. The second kappa shape index (κ2) is 6.64. The standard InChI is InChI=1S/C11H22N8O/c1-18(2)11-15-9(14-10(16-11)17-12)13-6-8-7-19(3)4-5-20-8/h8H,4-7,12H2,1-3H3,(H2,13,14,15,16,17). The molecule has 1 aliphatic rings. The van der Waals surface area contributed by atoms with Gasteiger partial charge in [0.1, 0.15) is 0 Å². The maximum absolute atomic E-state index is 5.68. The minimum absolute atomic E-state index is 0.127. The molecule has 1 aromatic heterocycles. The SMILES string of the molecule is CN1CCOC(CNc2nc(NN)nc(N(C)C)n2)C1. The van der Waals surface area contributed by atoms with Crippen molar-refractivity contribution in [3.63, 3.8) is 0 Å². The topological polar surface area (TPSA) is 104 Å². The number of likely N-dealkylation sites (N-methyl/N-ethyl adjacent to an activating group) is 1. The van der Waals surface area contributed by atoms with Crippen LogP contribution in [0.4, 0.5) is 17.8 Å². The summed E-state index contributed by atoms with van der Waals surface area (Å²) in [4.78, 5) is 16.7. The lowest BCUT2D eigenvalue weighted by Gasteiger charge is -2.30. The molecule has 1 unspecified atom stereocenters. The fourth-order valence-corrected chi connectivity index (χ4v) is 1.90. The van der Waals surface area contributed by atoms with E-state index in [0.29, 0.717) is 24.4 Å². The first kappa shape index (κ1) is 14.7. The second-order valence-electron chi connectivity index (χ2n) is 4.96. The molecule has 1 aromatic rings. The van der Waals surface area contributed by atoms with E-state index < -0.39 is 0 Å². The number of nitrogens with one attached hydrogen (secondary N) is 2. The van der Waals surface area contributed by atoms with Gasteiger partial charge in [-0.2, -0.15) is 15.0 Å². The van der Waals surface area contributed by atoms with Crippen LogP contribution in [0.15, 0.2) is 0 Å². The summed E-state index contributed by atoms with van der Waals surface area (Å²) in [7, 11) is 5.80. The number of rotatable bonds is 5. The number of aromatic nitrogens is 3. The monoisotopic (exact) mass is 282 g/mol. The van der Waals surface area contributed by atoms with Crippen molar-refractivity contribution in [2.45, 2.75) is 6.10 Å². The number of nitrogens with zero attached hydrogens (tertiary/aromatic N) is 5. The third kappa shape index (κ3) is 3.89. The summed E-state index contributed by atoms with van der Waals surface area (Å²) in [6, 6.07) is 0. The first-order chi connectivity index (χ1) is 9.58. The molecule has 2 heterocycles. The minimum Gasteiger partial charge on any atom is -0.374 e. The number of hydrazine groups is 1. The molecule has 0 amide bonds. The molecule has 1 atom stereocenters. The Balaban J connectivity index is 1.99. The summed E-state index contributed by atoms with van der Waals surface area (Å²) in [5, 5.41) is 3.17. The van der Waals surface area contributed by atoms with E-state index in [4.69, 9.17) is 10.6 Å². The summed E-state index contributed by atoms with van der Waals surface area (Å²) in [5.41, 5.74) is 2.44. The van der Waals surface area contributed by atoms with Gasteiger partial charge in [0, 0.05) is 33.7 Å². The number of morpholine rings is 1. The zero-order valence-electron chi connectivity index (χ0n) is 12.1. The zero-order valence-corrected chi connectivity index (χ0v) is 12.1. The number of hydrogen-bond donors (Lipinski definition) is 3. The summed E-state index contributed by atoms with van der Waals surface area (Å²) < 4.78 is 5.68. The van der Waals surface area contributed by atoms with Gasteiger partial charge in [0.25, 0.3) is 0 Å². The zero-order chi connectivity index (χ0) is 14.5. The largest absolute Gasteiger partial charge is 0.374 e. The van der Waals surface area contributed by atoms with E-state index in [1.807, 2.05) is 14.1 Å². The molecule has 112 valence electrons. The Bertz CT molecular complexity index is 440. The molecular weight excluding hydrogens is 260 g/mol. The van der Waals surface area contributed by atoms with Crippen molar-refractivity contribution in [2.24, 2.45) is 5.84 Å². The second-order valence-corrected chi connectivity index (χ2v) is 4.96. The first-order valence-electron chi connectivity index (χ1n) is 6.52. The molecule has 1 fully saturated rings. The predicted molar refractivity (Wildman–Crippen MR) is 77.7 cm³/mol.